The molecule has 0 saturated carbocycles. The lowest BCUT2D eigenvalue weighted by Crippen LogP contribution is -2.63. The minimum absolute atomic E-state index is 0.301. The summed E-state index contributed by atoms with van der Waals surface area (Å²) in [5.74, 6) is -0.832. The number of aromatic nitrogens is 1. The molecule has 4 aromatic carbocycles. The first-order chi connectivity index (χ1) is 16.9. The molecule has 0 fully saturated rings. The maximum Gasteiger partial charge on any atom is 0.474 e. The number of halogens is 2. The van der Waals surface area contributed by atoms with Gasteiger partial charge in [-0.2, -0.15) is 0 Å². The molecule has 3 heterocycles. The highest BCUT2D eigenvalue weighted by molar-refractivity contribution is 6.07. The maximum atomic E-state index is 15.0. The van der Waals surface area contributed by atoms with E-state index in [4.69, 9.17) is 9.47 Å². The Labute approximate surface area is 199 Å². The van der Waals surface area contributed by atoms with Gasteiger partial charge in [0, 0.05) is 33.9 Å². The number of nitrogens with zero attached hydrogens (tertiary/aromatic N) is 2. The van der Waals surface area contributed by atoms with Crippen molar-refractivity contribution >= 4 is 38.5 Å². The first kappa shape index (κ1) is 20.3. The lowest BCUT2D eigenvalue weighted by molar-refractivity contribution is -0.815. The van der Waals surface area contributed by atoms with E-state index < -0.39 is 5.91 Å². The van der Waals surface area contributed by atoms with Crippen LogP contribution in [0.1, 0.15) is 13.3 Å². The fraction of sp³-hybridized carbons (Fsp3) is 0.172. The van der Waals surface area contributed by atoms with E-state index in [1.165, 1.54) is 12.1 Å². The van der Waals surface area contributed by atoms with Crippen LogP contribution in [-0.2, 0) is 5.91 Å². The van der Waals surface area contributed by atoms with Crippen molar-refractivity contribution in [3.63, 3.8) is 0 Å². The lowest BCUT2D eigenvalue weighted by atomic mass is 10.0. The molecule has 1 unspecified atom stereocenters. The summed E-state index contributed by atoms with van der Waals surface area (Å²) in [6.07, 6.45) is 4.97. The van der Waals surface area contributed by atoms with Gasteiger partial charge < -0.3 is 9.47 Å². The maximum absolute atomic E-state index is 15.0. The summed E-state index contributed by atoms with van der Waals surface area (Å²) in [6, 6.07) is 17.5. The Morgan fingerprint density at radius 2 is 1.69 bits per heavy atom. The second kappa shape index (κ2) is 6.98. The van der Waals surface area contributed by atoms with Crippen molar-refractivity contribution in [3.05, 3.63) is 89.1 Å². The van der Waals surface area contributed by atoms with Crippen LogP contribution in [0.3, 0.4) is 0 Å². The van der Waals surface area contributed by atoms with Crippen LogP contribution in [0.5, 0.6) is 11.5 Å². The predicted molar refractivity (Wildman–Crippen MR) is 131 cm³/mol. The first-order valence-corrected chi connectivity index (χ1v) is 11.7. The molecule has 0 spiro atoms. The van der Waals surface area contributed by atoms with Crippen molar-refractivity contribution in [3.8, 4) is 11.5 Å². The third-order valence-electron chi connectivity index (χ3n) is 7.19. The van der Waals surface area contributed by atoms with Crippen molar-refractivity contribution in [2.75, 3.05) is 13.6 Å². The number of hydrogen-bond acceptors (Lipinski definition) is 2. The average Bonchev–Trinajstić information content (AvgIpc) is 2.86. The smallest absolute Gasteiger partial charge is 0.399 e. The van der Waals surface area contributed by atoms with Gasteiger partial charge in [0.2, 0.25) is 10.9 Å². The van der Waals surface area contributed by atoms with Gasteiger partial charge in [0.15, 0.2) is 6.20 Å². The highest BCUT2D eigenvalue weighted by Gasteiger charge is 2.47. The Bertz CT molecular complexity index is 1870. The van der Waals surface area contributed by atoms with E-state index in [0.717, 1.165) is 34.4 Å². The standard InChI is InChI=1S/C29H22F2N2O2/c1-29(33-16-4-6-18-8-10-20-22(31)12-14-24(35-29)26(20)28(18)33)34-23-13-11-21(30)19-9-7-17-5-3-15-32(2)27(17)25(19)23/h4-14,16H,3,15H2,1-2H3/q+2. The van der Waals surface area contributed by atoms with Gasteiger partial charge in [-0.3, -0.25) is 0 Å². The van der Waals surface area contributed by atoms with Gasteiger partial charge in [-0.05, 0) is 42.5 Å². The second-order valence-electron chi connectivity index (χ2n) is 9.34. The molecule has 172 valence electrons. The second-order valence-corrected chi connectivity index (χ2v) is 9.34. The fourth-order valence-corrected chi connectivity index (χ4v) is 5.59. The summed E-state index contributed by atoms with van der Waals surface area (Å²) < 4.78 is 46.8. The molecule has 35 heavy (non-hydrogen) atoms. The molecule has 0 radical (unpaired) electrons. The molecule has 0 bridgehead atoms. The van der Waals surface area contributed by atoms with Crippen LogP contribution < -0.4 is 29.2 Å². The Morgan fingerprint density at radius 1 is 0.914 bits per heavy atom. The van der Waals surface area contributed by atoms with Crippen LogP contribution in [0.4, 0.5) is 8.78 Å². The zero-order chi connectivity index (χ0) is 23.9. The van der Waals surface area contributed by atoms with Crippen molar-refractivity contribution in [2.45, 2.75) is 19.3 Å². The van der Waals surface area contributed by atoms with Crippen LogP contribution in [0.2, 0.25) is 0 Å². The molecule has 0 amide bonds. The SMILES string of the molecule is C[N+]1=c2c(ccc3c(F)ccc(OC4(C)Oc5ccc(F)c6ccc7ccc[n+]4c7c56)c23)=CCC1. The van der Waals surface area contributed by atoms with Crippen LogP contribution in [0.15, 0.2) is 66.9 Å². The number of rotatable bonds is 2. The van der Waals surface area contributed by atoms with Crippen LogP contribution in [-0.4, -0.2) is 13.6 Å². The lowest BCUT2D eigenvalue weighted by Gasteiger charge is -2.30. The number of hydrogen-bond donors (Lipinski definition) is 0. The molecule has 1 aromatic heterocycles. The van der Waals surface area contributed by atoms with Gasteiger partial charge in [-0.25, -0.2) is 13.4 Å². The van der Waals surface area contributed by atoms with Gasteiger partial charge in [0.1, 0.15) is 36.7 Å². The molecule has 0 aliphatic carbocycles. The fourth-order valence-electron chi connectivity index (χ4n) is 5.59. The molecule has 0 saturated heterocycles. The van der Waals surface area contributed by atoms with Crippen molar-refractivity contribution < 1.29 is 22.8 Å². The van der Waals surface area contributed by atoms with E-state index in [0.29, 0.717) is 33.0 Å². The molecular formula is C29H22F2N2O2+2. The topological polar surface area (TPSA) is 25.3 Å². The molecule has 4 nitrogen and oxygen atoms in total. The van der Waals surface area contributed by atoms with E-state index >= 15 is 0 Å². The Kier molecular flexibility index (Phi) is 4.05. The predicted octanol–water partition coefficient (Wildman–Crippen LogP) is 4.12. The molecule has 5 aromatic rings. The average molecular weight is 469 g/mol. The summed E-state index contributed by atoms with van der Waals surface area (Å²) in [5.41, 5.74) is 0.826. The zero-order valence-electron chi connectivity index (χ0n) is 19.3. The van der Waals surface area contributed by atoms with Gasteiger partial charge in [0.25, 0.3) is 0 Å². The monoisotopic (exact) mass is 468 g/mol. The van der Waals surface area contributed by atoms with Gasteiger partial charge in [0.05, 0.1) is 17.7 Å². The summed E-state index contributed by atoms with van der Waals surface area (Å²) in [4.78, 5) is 0. The molecule has 1 atom stereocenters. The van der Waals surface area contributed by atoms with E-state index in [-0.39, 0.29) is 11.6 Å². The van der Waals surface area contributed by atoms with Crippen molar-refractivity contribution in [1.29, 1.82) is 0 Å². The number of fused-ring (bicyclic) bond motifs is 3. The van der Waals surface area contributed by atoms with Gasteiger partial charge >= 0.3 is 5.91 Å². The van der Waals surface area contributed by atoms with Crippen LogP contribution in [0.25, 0.3) is 38.5 Å². The summed E-state index contributed by atoms with van der Waals surface area (Å²) in [6.45, 7) is 2.67. The number of benzene rings is 4. The Balaban J connectivity index is 1.53. The van der Waals surface area contributed by atoms with Crippen LogP contribution >= 0.6 is 0 Å². The third-order valence-corrected chi connectivity index (χ3v) is 7.19. The van der Waals surface area contributed by atoms with E-state index in [2.05, 4.69) is 10.7 Å². The van der Waals surface area contributed by atoms with E-state index in [1.807, 2.05) is 55.1 Å². The minimum Gasteiger partial charge on any atom is -0.399 e. The summed E-state index contributed by atoms with van der Waals surface area (Å²) in [5, 5.41) is 5.35. The van der Waals surface area contributed by atoms with E-state index in [9.17, 15) is 8.78 Å². The van der Waals surface area contributed by atoms with E-state index in [1.54, 1.807) is 18.2 Å². The van der Waals surface area contributed by atoms with Gasteiger partial charge in [-0.1, -0.05) is 18.2 Å². The first-order valence-electron chi connectivity index (χ1n) is 11.7. The summed E-state index contributed by atoms with van der Waals surface area (Å²) >= 11 is 0. The quantitative estimate of drug-likeness (QED) is 0.288. The Hall–Kier alpha value is -4.06. The minimum atomic E-state index is -1.29. The molecule has 2 aliphatic heterocycles. The summed E-state index contributed by atoms with van der Waals surface area (Å²) in [7, 11) is 2.01. The molecule has 2 aliphatic rings. The van der Waals surface area contributed by atoms with Crippen LogP contribution in [0, 0.1) is 11.6 Å². The molecule has 0 N–H and O–H groups in total. The normalized spacial score (nSPS) is 18.6. The van der Waals surface area contributed by atoms with Crippen molar-refractivity contribution in [2.24, 2.45) is 0 Å². The Morgan fingerprint density at radius 3 is 2.54 bits per heavy atom. The third kappa shape index (κ3) is 2.77. The highest BCUT2D eigenvalue weighted by Crippen LogP contribution is 2.40. The molecule has 6 heteroatoms. The highest BCUT2D eigenvalue weighted by atomic mass is 19.1. The number of pyridine rings is 1. The molecule has 7 rings (SSSR count). The zero-order valence-corrected chi connectivity index (χ0v) is 19.3. The van der Waals surface area contributed by atoms with Gasteiger partial charge in [-0.15, -0.1) is 4.57 Å². The van der Waals surface area contributed by atoms with Crippen molar-refractivity contribution in [1.82, 2.24) is 4.58 Å². The largest absolute Gasteiger partial charge is 0.474 e. The molecular weight excluding hydrogens is 446 g/mol. The number of ether oxygens (including phenoxy) is 2.